The van der Waals surface area contributed by atoms with Gasteiger partial charge in [-0.05, 0) is 26.2 Å². The average Bonchev–Trinajstić information content (AvgIpc) is 2.20. The van der Waals surface area contributed by atoms with Crippen molar-refractivity contribution in [2.75, 3.05) is 7.05 Å². The van der Waals surface area contributed by atoms with Crippen LogP contribution in [0.4, 0.5) is 0 Å². The van der Waals surface area contributed by atoms with E-state index in [-0.39, 0.29) is 17.9 Å². The number of Topliss-reactive ketones (excluding diaryl/α,β-unsaturated/α-hetero) is 1. The number of ketones is 1. The summed E-state index contributed by atoms with van der Waals surface area (Å²) in [5.74, 6) is 0.209. The molecule has 0 aromatic carbocycles. The fourth-order valence-electron chi connectivity index (χ4n) is 2.16. The fraction of sp³-hybridized carbons (Fsp3) is 0.833. The average molecular weight is 227 g/mol. The van der Waals surface area contributed by atoms with Crippen molar-refractivity contribution in [1.82, 2.24) is 5.06 Å². The molecule has 16 heavy (non-hydrogen) atoms. The van der Waals surface area contributed by atoms with Crippen molar-refractivity contribution in [3.8, 4) is 0 Å². The highest BCUT2D eigenvalue weighted by Crippen LogP contribution is 2.25. The summed E-state index contributed by atoms with van der Waals surface area (Å²) in [5.41, 5.74) is 0. The van der Waals surface area contributed by atoms with Crippen LogP contribution in [0.15, 0.2) is 0 Å². The summed E-state index contributed by atoms with van der Waals surface area (Å²) in [6, 6.07) is 0.0935. The standard InChI is InChI=1S/C12H21NO3/c1-9(13(3)16-10(2)14)8-11-6-4-5-7-12(11)15/h9,11H,4-8H2,1-3H3. The minimum absolute atomic E-state index is 0.0935. The van der Waals surface area contributed by atoms with Gasteiger partial charge in [0, 0.05) is 32.4 Å². The summed E-state index contributed by atoms with van der Waals surface area (Å²) in [5, 5.41) is 1.55. The molecule has 4 heteroatoms. The Kier molecular flexibility index (Phi) is 4.93. The lowest BCUT2D eigenvalue weighted by Gasteiger charge is -2.28. The molecule has 0 saturated heterocycles. The summed E-state index contributed by atoms with van der Waals surface area (Å²) in [6.07, 6.45) is 4.65. The Labute approximate surface area is 96.9 Å². The van der Waals surface area contributed by atoms with Gasteiger partial charge in [0.25, 0.3) is 0 Å². The Morgan fingerprint density at radius 3 is 2.81 bits per heavy atom. The van der Waals surface area contributed by atoms with E-state index in [4.69, 9.17) is 4.84 Å². The maximum Gasteiger partial charge on any atom is 0.322 e. The van der Waals surface area contributed by atoms with Crippen molar-refractivity contribution in [3.63, 3.8) is 0 Å². The molecule has 0 heterocycles. The van der Waals surface area contributed by atoms with E-state index in [0.717, 1.165) is 25.7 Å². The van der Waals surface area contributed by atoms with E-state index in [1.54, 1.807) is 12.1 Å². The first kappa shape index (κ1) is 13.2. The Bertz CT molecular complexity index is 265. The smallest absolute Gasteiger partial charge is 0.322 e. The van der Waals surface area contributed by atoms with Crippen LogP contribution in [0, 0.1) is 5.92 Å². The van der Waals surface area contributed by atoms with Gasteiger partial charge >= 0.3 is 5.97 Å². The lowest BCUT2D eigenvalue weighted by Crippen LogP contribution is -2.34. The van der Waals surface area contributed by atoms with Crippen molar-refractivity contribution in [2.24, 2.45) is 5.92 Å². The molecule has 1 saturated carbocycles. The molecule has 2 atom stereocenters. The highest BCUT2D eigenvalue weighted by Gasteiger charge is 2.26. The zero-order valence-electron chi connectivity index (χ0n) is 10.4. The first-order chi connectivity index (χ1) is 7.50. The van der Waals surface area contributed by atoms with Gasteiger partial charge in [-0.25, -0.2) is 0 Å². The minimum atomic E-state index is -0.315. The van der Waals surface area contributed by atoms with Crippen molar-refractivity contribution in [1.29, 1.82) is 0 Å². The first-order valence-electron chi connectivity index (χ1n) is 5.94. The maximum absolute atomic E-state index is 11.6. The van der Waals surface area contributed by atoms with Crippen LogP contribution in [-0.4, -0.2) is 29.9 Å². The SMILES string of the molecule is CC(=O)ON(C)C(C)CC1CCCCC1=O. The van der Waals surface area contributed by atoms with Gasteiger partial charge < -0.3 is 4.84 Å². The topological polar surface area (TPSA) is 46.6 Å². The van der Waals surface area contributed by atoms with E-state index in [0.29, 0.717) is 12.2 Å². The summed E-state index contributed by atoms with van der Waals surface area (Å²) in [4.78, 5) is 27.4. The van der Waals surface area contributed by atoms with Gasteiger partial charge in [0.1, 0.15) is 5.78 Å². The summed E-state index contributed by atoms with van der Waals surface area (Å²) in [6.45, 7) is 3.36. The second-order valence-corrected chi connectivity index (χ2v) is 4.62. The van der Waals surface area contributed by atoms with Gasteiger partial charge in [0.05, 0.1) is 0 Å². The van der Waals surface area contributed by atoms with E-state index in [1.807, 2.05) is 6.92 Å². The number of carbonyl (C=O) groups excluding carboxylic acids is 2. The highest BCUT2D eigenvalue weighted by molar-refractivity contribution is 5.81. The van der Waals surface area contributed by atoms with Crippen molar-refractivity contribution in [2.45, 2.75) is 52.0 Å². The van der Waals surface area contributed by atoms with Crippen LogP contribution in [0.5, 0.6) is 0 Å². The molecule has 0 spiro atoms. The second-order valence-electron chi connectivity index (χ2n) is 4.62. The van der Waals surface area contributed by atoms with Gasteiger partial charge in [-0.2, -0.15) is 0 Å². The van der Waals surface area contributed by atoms with Crippen molar-refractivity contribution in [3.05, 3.63) is 0 Å². The van der Waals surface area contributed by atoms with E-state index < -0.39 is 0 Å². The van der Waals surface area contributed by atoms with Crippen LogP contribution in [0.25, 0.3) is 0 Å². The molecule has 4 nitrogen and oxygen atoms in total. The molecular weight excluding hydrogens is 206 g/mol. The van der Waals surface area contributed by atoms with Crippen molar-refractivity contribution < 1.29 is 14.4 Å². The fourth-order valence-corrected chi connectivity index (χ4v) is 2.16. The molecule has 0 amide bonds. The molecule has 1 aliphatic rings. The molecule has 2 unspecified atom stereocenters. The number of hydrogen-bond donors (Lipinski definition) is 0. The minimum Gasteiger partial charge on any atom is -0.368 e. The summed E-state index contributed by atoms with van der Waals surface area (Å²) >= 11 is 0. The first-order valence-corrected chi connectivity index (χ1v) is 5.94. The number of nitrogens with zero attached hydrogens (tertiary/aromatic N) is 1. The van der Waals surface area contributed by atoms with Crippen LogP contribution in [-0.2, 0) is 14.4 Å². The Morgan fingerprint density at radius 1 is 1.56 bits per heavy atom. The zero-order valence-corrected chi connectivity index (χ0v) is 10.4. The predicted octanol–water partition coefficient (Wildman–Crippen LogP) is 1.93. The van der Waals surface area contributed by atoms with E-state index in [2.05, 4.69) is 0 Å². The molecule has 0 radical (unpaired) electrons. The third kappa shape index (κ3) is 3.93. The van der Waals surface area contributed by atoms with Gasteiger partial charge in [-0.1, -0.05) is 6.42 Å². The van der Waals surface area contributed by atoms with Crippen molar-refractivity contribution >= 4 is 11.8 Å². The van der Waals surface area contributed by atoms with Crippen LogP contribution >= 0.6 is 0 Å². The normalized spacial score (nSPS) is 23.2. The number of hydroxylamine groups is 2. The van der Waals surface area contributed by atoms with Crippen LogP contribution in [0.1, 0.15) is 46.0 Å². The van der Waals surface area contributed by atoms with E-state index >= 15 is 0 Å². The van der Waals surface area contributed by atoms with Gasteiger partial charge in [0.2, 0.25) is 0 Å². The summed E-state index contributed by atoms with van der Waals surface area (Å²) in [7, 11) is 1.74. The Hall–Kier alpha value is -0.900. The maximum atomic E-state index is 11.6. The Morgan fingerprint density at radius 2 is 2.25 bits per heavy atom. The molecule has 1 aliphatic carbocycles. The molecule has 0 N–H and O–H groups in total. The van der Waals surface area contributed by atoms with Crippen LogP contribution in [0.3, 0.4) is 0 Å². The monoisotopic (exact) mass is 227 g/mol. The van der Waals surface area contributed by atoms with Gasteiger partial charge in [0.15, 0.2) is 0 Å². The molecule has 1 rings (SSSR count). The van der Waals surface area contributed by atoms with Crippen LogP contribution in [0.2, 0.25) is 0 Å². The molecule has 0 aliphatic heterocycles. The molecule has 1 fully saturated rings. The highest BCUT2D eigenvalue weighted by atomic mass is 16.7. The quantitative estimate of drug-likeness (QED) is 0.688. The Balaban J connectivity index is 2.39. The number of hydrogen-bond acceptors (Lipinski definition) is 4. The zero-order chi connectivity index (χ0) is 12.1. The van der Waals surface area contributed by atoms with Gasteiger partial charge in [-0.15, -0.1) is 5.06 Å². The number of rotatable bonds is 4. The van der Waals surface area contributed by atoms with E-state index in [1.165, 1.54) is 6.92 Å². The lowest BCUT2D eigenvalue weighted by molar-refractivity contribution is -0.191. The number of carbonyl (C=O) groups is 2. The molecule has 92 valence electrons. The second kappa shape index (κ2) is 5.99. The molecule has 0 aromatic heterocycles. The van der Waals surface area contributed by atoms with Gasteiger partial charge in [-0.3, -0.25) is 9.59 Å². The third-order valence-corrected chi connectivity index (χ3v) is 3.20. The van der Waals surface area contributed by atoms with E-state index in [9.17, 15) is 9.59 Å². The molecular formula is C12H21NO3. The third-order valence-electron chi connectivity index (χ3n) is 3.20. The lowest BCUT2D eigenvalue weighted by atomic mass is 9.84. The largest absolute Gasteiger partial charge is 0.368 e. The summed E-state index contributed by atoms with van der Waals surface area (Å²) < 4.78 is 0. The van der Waals surface area contributed by atoms with Crippen LogP contribution < -0.4 is 0 Å². The predicted molar refractivity (Wildman–Crippen MR) is 60.6 cm³/mol. The molecule has 0 aromatic rings. The molecule has 0 bridgehead atoms.